The molecule has 0 bridgehead atoms. The maximum absolute atomic E-state index is 13.0. The number of nitrogens with zero attached hydrogens (tertiary/aromatic N) is 1. The largest absolute Gasteiger partial charge is 0.394 e. The molecule has 1 N–H and O–H groups in total. The minimum Gasteiger partial charge on any atom is -0.394 e. The predicted octanol–water partition coefficient (Wildman–Crippen LogP) is 2.75. The molecule has 1 fully saturated rings. The summed E-state index contributed by atoms with van der Waals surface area (Å²) in [7, 11) is 0. The molecule has 1 aliphatic heterocycles. The van der Waals surface area contributed by atoms with Crippen LogP contribution in [0.1, 0.15) is 37.8 Å². The molecule has 0 radical (unpaired) electrons. The zero-order chi connectivity index (χ0) is 14.4. The summed E-state index contributed by atoms with van der Waals surface area (Å²) in [6.45, 7) is 4.58. The number of ether oxygens (including phenoxy) is 1. The Hall–Kier alpha value is -0.970. The summed E-state index contributed by atoms with van der Waals surface area (Å²) in [4.78, 5) is 2.42. The number of rotatable bonds is 6. The van der Waals surface area contributed by atoms with Crippen LogP contribution in [0.4, 0.5) is 4.39 Å². The Morgan fingerprint density at radius 3 is 2.80 bits per heavy atom. The van der Waals surface area contributed by atoms with Crippen LogP contribution in [0, 0.1) is 5.82 Å². The van der Waals surface area contributed by atoms with E-state index in [1.54, 1.807) is 0 Å². The molecule has 4 heteroatoms. The van der Waals surface area contributed by atoms with E-state index in [4.69, 9.17) is 9.84 Å². The van der Waals surface area contributed by atoms with Gasteiger partial charge in [0.05, 0.1) is 19.3 Å². The first-order valence-corrected chi connectivity index (χ1v) is 7.46. The Morgan fingerprint density at radius 2 is 2.15 bits per heavy atom. The fraction of sp³-hybridized carbons (Fsp3) is 0.625. The molecular formula is C16H24FNO2. The van der Waals surface area contributed by atoms with Crippen molar-refractivity contribution in [2.24, 2.45) is 0 Å². The number of aliphatic hydroxyl groups is 1. The van der Waals surface area contributed by atoms with Crippen molar-refractivity contribution in [2.75, 3.05) is 26.3 Å². The molecule has 1 heterocycles. The lowest BCUT2D eigenvalue weighted by Gasteiger charge is -2.38. The van der Waals surface area contributed by atoms with Crippen LogP contribution in [0.5, 0.6) is 0 Å². The quantitative estimate of drug-likeness (QED) is 0.870. The maximum Gasteiger partial charge on any atom is 0.123 e. The molecule has 1 aromatic carbocycles. The van der Waals surface area contributed by atoms with Gasteiger partial charge < -0.3 is 9.84 Å². The van der Waals surface area contributed by atoms with E-state index in [0.29, 0.717) is 12.6 Å². The summed E-state index contributed by atoms with van der Waals surface area (Å²) >= 11 is 0. The number of benzene rings is 1. The zero-order valence-electron chi connectivity index (χ0n) is 12.1. The first kappa shape index (κ1) is 15.4. The third-order valence-corrected chi connectivity index (χ3v) is 3.94. The van der Waals surface area contributed by atoms with Gasteiger partial charge in [-0.3, -0.25) is 4.90 Å². The Labute approximate surface area is 120 Å². The van der Waals surface area contributed by atoms with E-state index < -0.39 is 0 Å². The highest BCUT2D eigenvalue weighted by atomic mass is 19.1. The summed E-state index contributed by atoms with van der Waals surface area (Å²) in [5.41, 5.74) is 1.16. The number of hydrogen-bond acceptors (Lipinski definition) is 3. The third kappa shape index (κ3) is 4.01. The molecule has 0 unspecified atom stereocenters. The molecule has 1 aliphatic rings. The monoisotopic (exact) mass is 281 g/mol. The van der Waals surface area contributed by atoms with Crippen molar-refractivity contribution < 1.29 is 14.2 Å². The Bertz CT molecular complexity index is 396. The fourth-order valence-electron chi connectivity index (χ4n) is 2.99. The van der Waals surface area contributed by atoms with Crippen molar-refractivity contribution >= 4 is 0 Å². The minimum absolute atomic E-state index is 0.0751. The highest BCUT2D eigenvalue weighted by Crippen LogP contribution is 2.28. The smallest absolute Gasteiger partial charge is 0.123 e. The van der Waals surface area contributed by atoms with Crippen LogP contribution in [-0.2, 0) is 4.74 Å². The van der Waals surface area contributed by atoms with Gasteiger partial charge in [0.25, 0.3) is 0 Å². The average Bonchev–Trinajstić information content (AvgIpc) is 2.48. The van der Waals surface area contributed by atoms with E-state index in [-0.39, 0.29) is 18.5 Å². The second-order valence-electron chi connectivity index (χ2n) is 5.33. The summed E-state index contributed by atoms with van der Waals surface area (Å²) < 4.78 is 18.7. The van der Waals surface area contributed by atoms with Gasteiger partial charge in [-0.05, 0) is 43.5 Å². The first-order valence-electron chi connectivity index (χ1n) is 7.46. The normalized spacial score (nSPS) is 21.9. The topological polar surface area (TPSA) is 32.7 Å². The van der Waals surface area contributed by atoms with Gasteiger partial charge in [0.15, 0.2) is 0 Å². The maximum atomic E-state index is 13.0. The van der Waals surface area contributed by atoms with Crippen LogP contribution in [-0.4, -0.2) is 42.4 Å². The predicted molar refractivity (Wildman–Crippen MR) is 77.1 cm³/mol. The van der Waals surface area contributed by atoms with Gasteiger partial charge >= 0.3 is 0 Å². The molecule has 3 nitrogen and oxygen atoms in total. The van der Waals surface area contributed by atoms with Crippen molar-refractivity contribution in [1.82, 2.24) is 4.90 Å². The van der Waals surface area contributed by atoms with Gasteiger partial charge in [0.1, 0.15) is 5.82 Å². The Kier molecular flexibility index (Phi) is 5.95. The van der Waals surface area contributed by atoms with E-state index >= 15 is 0 Å². The van der Waals surface area contributed by atoms with E-state index in [1.165, 1.54) is 12.1 Å². The Balaban J connectivity index is 2.01. The number of likely N-dealkylation sites (tertiary alicyclic amines) is 1. The first-order chi connectivity index (χ1) is 9.74. The molecule has 0 amide bonds. The molecule has 2 atom stereocenters. The van der Waals surface area contributed by atoms with Crippen molar-refractivity contribution in [1.29, 1.82) is 0 Å². The molecule has 1 saturated heterocycles. The second-order valence-corrected chi connectivity index (χ2v) is 5.33. The van der Waals surface area contributed by atoms with Crippen molar-refractivity contribution in [3.63, 3.8) is 0 Å². The van der Waals surface area contributed by atoms with Crippen molar-refractivity contribution in [2.45, 2.75) is 38.3 Å². The Morgan fingerprint density at radius 1 is 1.40 bits per heavy atom. The molecule has 0 saturated carbocycles. The standard InChI is InChI=1S/C16H24FNO2/c1-2-16(13-5-7-14(17)8-6-13)18-9-3-4-15(12-18)20-11-10-19/h5-8,15-16,19H,2-4,9-12H2,1H3/t15-,16-/m1/s1. The van der Waals surface area contributed by atoms with Crippen LogP contribution in [0.25, 0.3) is 0 Å². The van der Waals surface area contributed by atoms with Gasteiger partial charge in [0, 0.05) is 12.6 Å². The SMILES string of the molecule is CC[C@H](c1ccc(F)cc1)N1CCC[C@@H](OCCO)C1. The lowest BCUT2D eigenvalue weighted by molar-refractivity contribution is -0.0255. The van der Waals surface area contributed by atoms with Crippen LogP contribution in [0.15, 0.2) is 24.3 Å². The zero-order valence-corrected chi connectivity index (χ0v) is 12.1. The summed E-state index contributed by atoms with van der Waals surface area (Å²) in [5.74, 6) is -0.189. The molecule has 1 aromatic rings. The average molecular weight is 281 g/mol. The molecular weight excluding hydrogens is 257 g/mol. The van der Waals surface area contributed by atoms with Crippen LogP contribution in [0.3, 0.4) is 0 Å². The second kappa shape index (κ2) is 7.72. The highest BCUT2D eigenvalue weighted by Gasteiger charge is 2.26. The summed E-state index contributed by atoms with van der Waals surface area (Å²) in [6.07, 6.45) is 3.35. The molecule has 2 rings (SSSR count). The number of aliphatic hydroxyl groups excluding tert-OH is 1. The molecule has 112 valence electrons. The number of hydrogen-bond donors (Lipinski definition) is 1. The van der Waals surface area contributed by atoms with Crippen LogP contribution < -0.4 is 0 Å². The number of piperidine rings is 1. The molecule has 20 heavy (non-hydrogen) atoms. The lowest BCUT2D eigenvalue weighted by atomic mass is 9.98. The molecule has 0 spiro atoms. The van der Waals surface area contributed by atoms with Crippen LogP contribution in [0.2, 0.25) is 0 Å². The summed E-state index contributed by atoms with van der Waals surface area (Å²) in [6, 6.07) is 7.13. The van der Waals surface area contributed by atoms with Crippen molar-refractivity contribution in [3.8, 4) is 0 Å². The summed E-state index contributed by atoms with van der Waals surface area (Å²) in [5, 5.41) is 8.85. The van der Waals surface area contributed by atoms with Gasteiger partial charge in [-0.25, -0.2) is 4.39 Å². The molecule has 0 aliphatic carbocycles. The minimum atomic E-state index is -0.189. The lowest BCUT2D eigenvalue weighted by Crippen LogP contribution is -2.42. The van der Waals surface area contributed by atoms with E-state index in [0.717, 1.165) is 37.9 Å². The molecule has 0 aromatic heterocycles. The van der Waals surface area contributed by atoms with Crippen molar-refractivity contribution in [3.05, 3.63) is 35.6 Å². The fourth-order valence-corrected chi connectivity index (χ4v) is 2.99. The third-order valence-electron chi connectivity index (χ3n) is 3.94. The van der Waals surface area contributed by atoms with E-state index in [1.807, 2.05) is 12.1 Å². The van der Waals surface area contributed by atoms with Crippen LogP contribution >= 0.6 is 0 Å². The van der Waals surface area contributed by atoms with Gasteiger partial charge in [-0.15, -0.1) is 0 Å². The van der Waals surface area contributed by atoms with Gasteiger partial charge in [0.2, 0.25) is 0 Å². The number of halogens is 1. The van der Waals surface area contributed by atoms with E-state index in [9.17, 15) is 4.39 Å². The van der Waals surface area contributed by atoms with Gasteiger partial charge in [-0.2, -0.15) is 0 Å². The van der Waals surface area contributed by atoms with Gasteiger partial charge in [-0.1, -0.05) is 19.1 Å². The van der Waals surface area contributed by atoms with E-state index in [2.05, 4.69) is 11.8 Å². The highest BCUT2D eigenvalue weighted by molar-refractivity contribution is 5.20.